The van der Waals surface area contributed by atoms with E-state index < -0.39 is 5.82 Å². The average Bonchev–Trinajstić information content (AvgIpc) is 3.77. The van der Waals surface area contributed by atoms with Crippen molar-refractivity contribution < 1.29 is 23.8 Å². The summed E-state index contributed by atoms with van der Waals surface area (Å²) in [6.45, 7) is 3.22. The van der Waals surface area contributed by atoms with E-state index in [-0.39, 0.29) is 40.8 Å². The number of carbonyl (C=O) groups excluding carboxylic acids is 1. The van der Waals surface area contributed by atoms with Crippen molar-refractivity contribution in [1.29, 1.82) is 0 Å². The van der Waals surface area contributed by atoms with Crippen LogP contribution >= 0.6 is 0 Å². The van der Waals surface area contributed by atoms with E-state index in [1.165, 1.54) is 23.1 Å². The first-order valence-corrected chi connectivity index (χ1v) is 16.9. The molecule has 49 heavy (non-hydrogen) atoms. The van der Waals surface area contributed by atoms with Crippen molar-refractivity contribution in [2.45, 2.75) is 62.2 Å². The Kier molecular flexibility index (Phi) is 7.88. The van der Waals surface area contributed by atoms with Crippen LogP contribution in [0.15, 0.2) is 30.5 Å². The first-order chi connectivity index (χ1) is 23.7. The van der Waals surface area contributed by atoms with E-state index in [0.29, 0.717) is 58.5 Å². The van der Waals surface area contributed by atoms with Crippen molar-refractivity contribution in [3.8, 4) is 35.5 Å². The van der Waals surface area contributed by atoms with Gasteiger partial charge in [-0.05, 0) is 68.7 Å². The van der Waals surface area contributed by atoms with Crippen molar-refractivity contribution in [2.24, 2.45) is 0 Å². The second-order valence-electron chi connectivity index (χ2n) is 13.9. The molecule has 2 unspecified atom stereocenters. The minimum Gasteiger partial charge on any atom is -0.508 e. The molecule has 4 aliphatic heterocycles. The van der Waals surface area contributed by atoms with Gasteiger partial charge in [0.2, 0.25) is 0 Å². The molecule has 0 radical (unpaired) electrons. The van der Waals surface area contributed by atoms with Crippen molar-refractivity contribution in [3.05, 3.63) is 41.8 Å². The summed E-state index contributed by atoms with van der Waals surface area (Å²) in [5, 5.41) is 16.0. The molecule has 4 fully saturated rings. The lowest BCUT2D eigenvalue weighted by Gasteiger charge is -2.35. The van der Waals surface area contributed by atoms with E-state index >= 15 is 0 Å². The van der Waals surface area contributed by atoms with Crippen LogP contribution in [0.4, 0.5) is 15.0 Å². The molecule has 12 nitrogen and oxygen atoms in total. The molecular weight excluding hydrogens is 627 g/mol. The van der Waals surface area contributed by atoms with Crippen LogP contribution in [0.3, 0.4) is 0 Å². The van der Waals surface area contributed by atoms with E-state index in [2.05, 4.69) is 21.0 Å². The maximum Gasteiger partial charge on any atom is 0.409 e. The Balaban J connectivity index is 1.16. The van der Waals surface area contributed by atoms with Crippen LogP contribution in [0.5, 0.6) is 11.8 Å². The van der Waals surface area contributed by atoms with Gasteiger partial charge in [0.25, 0.3) is 0 Å². The quantitative estimate of drug-likeness (QED) is 0.277. The lowest BCUT2D eigenvalue weighted by molar-refractivity contribution is 0.0484. The molecule has 0 aliphatic carbocycles. The number of rotatable bonds is 7. The highest BCUT2D eigenvalue weighted by Gasteiger charge is 2.50. The minimum atomic E-state index is -0.540. The molecule has 2 aromatic carbocycles. The number of phenols is 1. The summed E-state index contributed by atoms with van der Waals surface area (Å²) in [5.74, 6) is 2.86. The Morgan fingerprint density at radius 3 is 2.76 bits per heavy atom. The number of carbonyl (C=O) groups is 1. The lowest BCUT2D eigenvalue weighted by Crippen LogP contribution is -2.51. The van der Waals surface area contributed by atoms with Gasteiger partial charge in [-0.1, -0.05) is 12.0 Å². The molecule has 2 N–H and O–H groups in total. The Hall–Kier alpha value is -4.80. The molecule has 8 rings (SSSR count). The summed E-state index contributed by atoms with van der Waals surface area (Å²) >= 11 is 0. The summed E-state index contributed by atoms with van der Waals surface area (Å²) in [6, 6.07) is 6.99. The second-order valence-corrected chi connectivity index (χ2v) is 13.9. The molecule has 0 saturated carbocycles. The fourth-order valence-electron chi connectivity index (χ4n) is 8.31. The van der Waals surface area contributed by atoms with Crippen LogP contribution in [-0.4, -0.2) is 112 Å². The van der Waals surface area contributed by atoms with Crippen molar-refractivity contribution >= 4 is 33.7 Å². The lowest BCUT2D eigenvalue weighted by atomic mass is 9.95. The number of hydrogen-bond donors (Lipinski definition) is 2. The summed E-state index contributed by atoms with van der Waals surface area (Å²) in [4.78, 5) is 37.6. The molecule has 1 amide bonds. The third-order valence-electron chi connectivity index (χ3n) is 10.6. The number of aromatic nitrogens is 4. The van der Waals surface area contributed by atoms with Crippen LogP contribution < -0.4 is 15.0 Å². The number of terminal acetylenes is 1. The molecule has 6 heterocycles. The number of anilines is 1. The second kappa shape index (κ2) is 12.3. The number of nitrogens with one attached hydrogen (secondary N) is 1. The number of hydrogen-bond acceptors (Lipinski definition) is 11. The third kappa shape index (κ3) is 5.62. The van der Waals surface area contributed by atoms with Crippen LogP contribution in [0.25, 0.3) is 33.2 Å². The largest absolute Gasteiger partial charge is 0.508 e. The van der Waals surface area contributed by atoms with E-state index in [1.807, 2.05) is 0 Å². The number of fused-ring (bicyclic) bond motifs is 5. The highest BCUT2D eigenvalue weighted by Crippen LogP contribution is 2.43. The molecule has 2 aromatic heterocycles. The molecule has 13 heteroatoms. The molecule has 4 aliphatic rings. The maximum atomic E-state index is 14.9. The van der Waals surface area contributed by atoms with Crippen LogP contribution in [0.2, 0.25) is 0 Å². The number of benzene rings is 2. The summed E-state index contributed by atoms with van der Waals surface area (Å²) in [6.07, 6.45) is 13.1. The zero-order valence-electron chi connectivity index (χ0n) is 27.7. The number of aromatic hydroxyl groups is 1. The van der Waals surface area contributed by atoms with E-state index in [0.717, 1.165) is 58.2 Å². The van der Waals surface area contributed by atoms with Gasteiger partial charge in [0.05, 0.1) is 16.5 Å². The Morgan fingerprint density at radius 1 is 1.16 bits per heavy atom. The molecule has 4 atom stereocenters. The monoisotopic (exact) mass is 666 g/mol. The maximum absolute atomic E-state index is 14.9. The van der Waals surface area contributed by atoms with Gasteiger partial charge in [-0.3, -0.25) is 4.90 Å². The van der Waals surface area contributed by atoms with Gasteiger partial charge < -0.3 is 29.7 Å². The topological polar surface area (TPSA) is 129 Å². The standard InChI is InChI=1S/C36H39FN8O4/c1-4-26-29(37)9-6-21-14-25(46)15-27(30(21)26)31-38-16-28-32(40-31)41-34(42-33(28)44-17-22-7-8-23(18-44)39-22)49-20-36-11-5-13-45(36)24(10-12-36)19-48-35(47)43(2)3/h1,6,9,14-16,22-24,39,46H,5,7-8,10-13,17-20H2,2-3H3/t22?,23?,24-,36-/m1/s1. The van der Waals surface area contributed by atoms with Gasteiger partial charge in [0.1, 0.15) is 30.6 Å². The molecule has 2 bridgehead atoms. The fourth-order valence-corrected chi connectivity index (χ4v) is 8.31. The summed E-state index contributed by atoms with van der Waals surface area (Å²) in [7, 11) is 3.37. The number of amides is 1. The first-order valence-electron chi connectivity index (χ1n) is 16.9. The number of phenolic OH excluding ortho intramolecular Hbond substituents is 1. The van der Waals surface area contributed by atoms with Crippen LogP contribution in [0.1, 0.15) is 44.1 Å². The van der Waals surface area contributed by atoms with Crippen LogP contribution in [-0.2, 0) is 4.74 Å². The Bertz CT molecular complexity index is 1990. The van der Waals surface area contributed by atoms with Gasteiger partial charge in [0.15, 0.2) is 11.5 Å². The van der Waals surface area contributed by atoms with E-state index in [4.69, 9.17) is 35.8 Å². The molecular formula is C36H39FN8O4. The average molecular weight is 667 g/mol. The Labute approximate surface area is 283 Å². The SMILES string of the molecule is C#Cc1c(F)ccc2cc(O)cc(-c3ncc4c(N5CC6CCC(C5)N6)nc(OC[C@]56CCCN5[C@@H](COC(=O)N(C)C)CC6)nc4n3)c12. The summed E-state index contributed by atoms with van der Waals surface area (Å²) < 4.78 is 26.9. The highest BCUT2D eigenvalue weighted by molar-refractivity contribution is 6.01. The van der Waals surface area contributed by atoms with Gasteiger partial charge in [-0.15, -0.1) is 6.42 Å². The number of ether oxygens (including phenoxy) is 2. The van der Waals surface area contributed by atoms with Gasteiger partial charge in [-0.2, -0.15) is 9.97 Å². The van der Waals surface area contributed by atoms with Gasteiger partial charge in [-0.25, -0.2) is 19.2 Å². The normalized spacial score (nSPS) is 24.7. The Morgan fingerprint density at radius 2 is 1.98 bits per heavy atom. The zero-order chi connectivity index (χ0) is 33.9. The van der Waals surface area contributed by atoms with Gasteiger partial charge in [0, 0.05) is 62.5 Å². The zero-order valence-corrected chi connectivity index (χ0v) is 27.7. The van der Waals surface area contributed by atoms with Crippen molar-refractivity contribution in [3.63, 3.8) is 0 Å². The number of halogens is 1. The minimum absolute atomic E-state index is 0.0174. The predicted octanol–water partition coefficient (Wildman–Crippen LogP) is 4.08. The predicted molar refractivity (Wildman–Crippen MR) is 182 cm³/mol. The van der Waals surface area contributed by atoms with Crippen LogP contribution in [0, 0.1) is 18.2 Å². The smallest absolute Gasteiger partial charge is 0.409 e. The van der Waals surface area contributed by atoms with Gasteiger partial charge >= 0.3 is 12.1 Å². The molecule has 4 saturated heterocycles. The molecule has 0 spiro atoms. The summed E-state index contributed by atoms with van der Waals surface area (Å²) in [5.41, 5.74) is 0.660. The van der Waals surface area contributed by atoms with Crippen molar-refractivity contribution in [2.75, 3.05) is 51.8 Å². The molecule has 4 aromatic rings. The fraction of sp³-hybridized carbons (Fsp3) is 0.472. The number of piperazine rings is 1. The highest BCUT2D eigenvalue weighted by atomic mass is 19.1. The third-order valence-corrected chi connectivity index (χ3v) is 10.6. The van der Waals surface area contributed by atoms with E-state index in [9.17, 15) is 14.3 Å². The van der Waals surface area contributed by atoms with Crippen molar-refractivity contribution in [1.82, 2.24) is 35.1 Å². The molecule has 254 valence electrons. The first kappa shape index (κ1) is 31.5. The van der Waals surface area contributed by atoms with E-state index in [1.54, 1.807) is 26.4 Å². The number of nitrogens with zero attached hydrogens (tertiary/aromatic N) is 7.